The molecule has 0 radical (unpaired) electrons. The lowest BCUT2D eigenvalue weighted by atomic mass is 10.1. The summed E-state index contributed by atoms with van der Waals surface area (Å²) >= 11 is 3.41. The van der Waals surface area contributed by atoms with E-state index in [1.165, 1.54) is 0 Å². The average Bonchev–Trinajstić information content (AvgIpc) is 2.78. The van der Waals surface area contributed by atoms with E-state index in [0.717, 1.165) is 26.7 Å². The molecule has 3 rings (SSSR count). The minimum absolute atomic E-state index is 0.239. The fourth-order valence-electron chi connectivity index (χ4n) is 1.89. The van der Waals surface area contributed by atoms with Crippen LogP contribution in [-0.4, -0.2) is 13.2 Å². The molecule has 17 heavy (non-hydrogen) atoms. The van der Waals surface area contributed by atoms with Crippen LogP contribution in [0.4, 0.5) is 5.69 Å². The number of anilines is 1. The molecule has 0 bridgehead atoms. The second-order valence-corrected chi connectivity index (χ2v) is 4.47. The fourth-order valence-corrected chi connectivity index (χ4v) is 2.35. The number of benzene rings is 2. The maximum Gasteiger partial charge on any atom is 0.231 e. The standard InChI is InChI=1S/C12H8BrNO3/c13-9-2-1-7-3-10-11(17-6-16-10)4-8(7)12(9)14-5-15/h1-5H,6H2,(H,14,15). The smallest absolute Gasteiger partial charge is 0.231 e. The van der Waals surface area contributed by atoms with Crippen molar-refractivity contribution in [3.05, 3.63) is 28.7 Å². The summed E-state index contributed by atoms with van der Waals surface area (Å²) in [6, 6.07) is 7.61. The van der Waals surface area contributed by atoms with Gasteiger partial charge in [0.25, 0.3) is 0 Å². The summed E-state index contributed by atoms with van der Waals surface area (Å²) in [5.74, 6) is 1.43. The molecule has 0 saturated carbocycles. The lowest BCUT2D eigenvalue weighted by Gasteiger charge is -2.08. The van der Waals surface area contributed by atoms with Crippen LogP contribution in [0.1, 0.15) is 0 Å². The Bertz CT molecular complexity index is 612. The van der Waals surface area contributed by atoms with Gasteiger partial charge in [-0.05, 0) is 39.5 Å². The molecule has 1 amide bonds. The third kappa shape index (κ3) is 1.63. The highest BCUT2D eigenvalue weighted by Gasteiger charge is 2.16. The number of rotatable bonds is 2. The van der Waals surface area contributed by atoms with Crippen LogP contribution in [0.3, 0.4) is 0 Å². The molecule has 1 heterocycles. The van der Waals surface area contributed by atoms with E-state index in [1.807, 2.05) is 24.3 Å². The maximum absolute atomic E-state index is 10.6. The van der Waals surface area contributed by atoms with Gasteiger partial charge in [-0.15, -0.1) is 0 Å². The van der Waals surface area contributed by atoms with E-state index >= 15 is 0 Å². The van der Waals surface area contributed by atoms with Crippen LogP contribution < -0.4 is 14.8 Å². The molecule has 1 aliphatic heterocycles. The molecule has 5 heteroatoms. The van der Waals surface area contributed by atoms with E-state index in [9.17, 15) is 4.79 Å². The lowest BCUT2D eigenvalue weighted by molar-refractivity contribution is -0.105. The van der Waals surface area contributed by atoms with Gasteiger partial charge in [-0.2, -0.15) is 0 Å². The topological polar surface area (TPSA) is 47.6 Å². The second kappa shape index (κ2) is 3.92. The number of carbonyl (C=O) groups is 1. The number of fused-ring (bicyclic) bond motifs is 2. The zero-order valence-corrected chi connectivity index (χ0v) is 10.3. The first kappa shape index (κ1) is 10.4. The number of hydrogen-bond acceptors (Lipinski definition) is 3. The summed E-state index contributed by atoms with van der Waals surface area (Å²) in [5.41, 5.74) is 0.732. The molecule has 1 aliphatic rings. The number of carbonyl (C=O) groups excluding carboxylic acids is 1. The predicted octanol–water partition coefficient (Wildman–Crippen LogP) is 2.90. The minimum Gasteiger partial charge on any atom is -0.454 e. The van der Waals surface area contributed by atoms with Gasteiger partial charge in [0.05, 0.1) is 5.69 Å². The SMILES string of the molecule is O=CNc1c(Br)ccc2cc3c(cc12)OCO3. The molecule has 4 nitrogen and oxygen atoms in total. The highest BCUT2D eigenvalue weighted by Crippen LogP contribution is 2.40. The van der Waals surface area contributed by atoms with Crippen molar-refractivity contribution in [1.29, 1.82) is 0 Å². The van der Waals surface area contributed by atoms with Gasteiger partial charge in [0.15, 0.2) is 11.5 Å². The van der Waals surface area contributed by atoms with Gasteiger partial charge in [0, 0.05) is 9.86 Å². The molecular weight excluding hydrogens is 286 g/mol. The van der Waals surface area contributed by atoms with Crippen molar-refractivity contribution in [2.75, 3.05) is 12.1 Å². The van der Waals surface area contributed by atoms with E-state index in [4.69, 9.17) is 9.47 Å². The van der Waals surface area contributed by atoms with Crippen molar-refractivity contribution >= 4 is 38.8 Å². The predicted molar refractivity (Wildman–Crippen MR) is 67.5 cm³/mol. The van der Waals surface area contributed by atoms with Gasteiger partial charge in [0.1, 0.15) is 0 Å². The van der Waals surface area contributed by atoms with Gasteiger partial charge in [-0.25, -0.2) is 0 Å². The van der Waals surface area contributed by atoms with Crippen LogP contribution in [0, 0.1) is 0 Å². The molecule has 0 atom stereocenters. The van der Waals surface area contributed by atoms with E-state index in [1.54, 1.807) is 0 Å². The molecule has 2 aromatic rings. The average molecular weight is 294 g/mol. The van der Waals surface area contributed by atoms with Crippen LogP contribution in [-0.2, 0) is 4.79 Å². The van der Waals surface area contributed by atoms with E-state index in [-0.39, 0.29) is 6.79 Å². The molecule has 2 aromatic carbocycles. The van der Waals surface area contributed by atoms with Crippen LogP contribution in [0.15, 0.2) is 28.7 Å². The Morgan fingerprint density at radius 3 is 2.76 bits per heavy atom. The van der Waals surface area contributed by atoms with Crippen molar-refractivity contribution in [2.24, 2.45) is 0 Å². The first-order valence-corrected chi connectivity index (χ1v) is 5.81. The lowest BCUT2D eigenvalue weighted by Crippen LogP contribution is -1.96. The Hall–Kier alpha value is -1.75. The number of amides is 1. The molecule has 0 aromatic heterocycles. The number of halogens is 1. The van der Waals surface area contributed by atoms with E-state index in [2.05, 4.69) is 21.2 Å². The molecule has 0 aliphatic carbocycles. The van der Waals surface area contributed by atoms with Gasteiger partial charge < -0.3 is 14.8 Å². The normalized spacial score (nSPS) is 12.8. The largest absolute Gasteiger partial charge is 0.454 e. The van der Waals surface area contributed by atoms with Crippen LogP contribution in [0.25, 0.3) is 10.8 Å². The Morgan fingerprint density at radius 1 is 1.24 bits per heavy atom. The van der Waals surface area contributed by atoms with Gasteiger partial charge in [-0.3, -0.25) is 4.79 Å². The molecular formula is C12H8BrNO3. The van der Waals surface area contributed by atoms with E-state index in [0.29, 0.717) is 12.2 Å². The highest BCUT2D eigenvalue weighted by atomic mass is 79.9. The number of nitrogens with one attached hydrogen (secondary N) is 1. The first-order chi connectivity index (χ1) is 8.29. The minimum atomic E-state index is 0.239. The Kier molecular flexibility index (Phi) is 2.40. The Labute approximate surface area is 106 Å². The number of hydrogen-bond donors (Lipinski definition) is 1. The molecule has 0 saturated heterocycles. The summed E-state index contributed by atoms with van der Waals surface area (Å²) in [6.07, 6.45) is 0.657. The quantitative estimate of drug-likeness (QED) is 0.866. The zero-order chi connectivity index (χ0) is 11.8. The third-order valence-electron chi connectivity index (χ3n) is 2.67. The molecule has 0 spiro atoms. The maximum atomic E-state index is 10.6. The highest BCUT2D eigenvalue weighted by molar-refractivity contribution is 9.10. The Balaban J connectivity index is 2.30. The van der Waals surface area contributed by atoms with Crippen LogP contribution in [0.2, 0.25) is 0 Å². The van der Waals surface area contributed by atoms with Crippen LogP contribution >= 0.6 is 15.9 Å². The van der Waals surface area contributed by atoms with Crippen molar-refractivity contribution in [1.82, 2.24) is 0 Å². The molecule has 86 valence electrons. The molecule has 0 unspecified atom stereocenters. The summed E-state index contributed by atoms with van der Waals surface area (Å²) in [5, 5.41) is 4.59. The van der Waals surface area contributed by atoms with Gasteiger partial charge >= 0.3 is 0 Å². The summed E-state index contributed by atoms with van der Waals surface area (Å²) < 4.78 is 11.5. The van der Waals surface area contributed by atoms with Crippen molar-refractivity contribution in [3.63, 3.8) is 0 Å². The zero-order valence-electron chi connectivity index (χ0n) is 8.70. The Morgan fingerprint density at radius 2 is 2.00 bits per heavy atom. The summed E-state index contributed by atoms with van der Waals surface area (Å²) in [7, 11) is 0. The monoisotopic (exact) mass is 293 g/mol. The van der Waals surface area contributed by atoms with Crippen molar-refractivity contribution in [2.45, 2.75) is 0 Å². The molecule has 0 fully saturated rings. The molecule has 1 N–H and O–H groups in total. The van der Waals surface area contributed by atoms with Gasteiger partial charge in [0.2, 0.25) is 13.2 Å². The number of ether oxygens (including phenoxy) is 2. The first-order valence-electron chi connectivity index (χ1n) is 5.01. The van der Waals surface area contributed by atoms with Crippen molar-refractivity contribution < 1.29 is 14.3 Å². The summed E-state index contributed by atoms with van der Waals surface area (Å²) in [4.78, 5) is 10.6. The summed E-state index contributed by atoms with van der Waals surface area (Å²) in [6.45, 7) is 0.239. The fraction of sp³-hybridized carbons (Fsp3) is 0.0833. The van der Waals surface area contributed by atoms with E-state index < -0.39 is 0 Å². The van der Waals surface area contributed by atoms with Crippen LogP contribution in [0.5, 0.6) is 11.5 Å². The second-order valence-electron chi connectivity index (χ2n) is 3.61. The van der Waals surface area contributed by atoms with Crippen molar-refractivity contribution in [3.8, 4) is 11.5 Å². The third-order valence-corrected chi connectivity index (χ3v) is 3.33. The van der Waals surface area contributed by atoms with Gasteiger partial charge in [-0.1, -0.05) is 6.07 Å².